The molecule has 80 valence electrons. The maximum absolute atomic E-state index is 11.0. The third-order valence-corrected chi connectivity index (χ3v) is 2.90. The number of carboxylic acids is 1. The molecule has 15 heavy (non-hydrogen) atoms. The van der Waals surface area contributed by atoms with Crippen molar-refractivity contribution in [2.24, 2.45) is 0 Å². The van der Waals surface area contributed by atoms with E-state index in [-0.39, 0.29) is 0 Å². The van der Waals surface area contributed by atoms with Gasteiger partial charge in [-0.15, -0.1) is 0 Å². The van der Waals surface area contributed by atoms with Gasteiger partial charge in [-0.05, 0) is 49.4 Å². The molecule has 0 radical (unpaired) electrons. The van der Waals surface area contributed by atoms with Crippen LogP contribution in [0.15, 0.2) is 6.07 Å². The molecule has 0 fully saturated rings. The van der Waals surface area contributed by atoms with E-state index in [1.165, 1.54) is 0 Å². The molecule has 0 saturated heterocycles. The van der Waals surface area contributed by atoms with Gasteiger partial charge in [0, 0.05) is 0 Å². The van der Waals surface area contributed by atoms with E-state index in [4.69, 9.17) is 9.84 Å². The second-order valence-corrected chi connectivity index (χ2v) is 3.93. The minimum absolute atomic E-state index is 0.400. The van der Waals surface area contributed by atoms with Crippen molar-refractivity contribution in [3.63, 3.8) is 0 Å². The lowest BCUT2D eigenvalue weighted by molar-refractivity contribution is 0.0695. The number of ether oxygens (including phenoxy) is 1. The summed E-state index contributed by atoms with van der Waals surface area (Å²) in [6.45, 7) is 4.49. The Kier molecular flexibility index (Phi) is 2.39. The lowest BCUT2D eigenvalue weighted by Gasteiger charge is -2.22. The average molecular weight is 206 g/mol. The molecular weight excluding hydrogens is 192 g/mol. The molecule has 1 heterocycles. The highest BCUT2D eigenvalue weighted by molar-refractivity contribution is 5.90. The molecule has 0 saturated carbocycles. The predicted molar refractivity (Wildman–Crippen MR) is 56.7 cm³/mol. The van der Waals surface area contributed by atoms with E-state index in [1.807, 2.05) is 13.8 Å². The number of carbonyl (C=O) groups is 1. The van der Waals surface area contributed by atoms with E-state index < -0.39 is 5.97 Å². The quantitative estimate of drug-likeness (QED) is 0.767. The van der Waals surface area contributed by atoms with E-state index in [2.05, 4.69) is 0 Å². The Hall–Kier alpha value is -1.51. The van der Waals surface area contributed by atoms with Crippen molar-refractivity contribution in [3.05, 3.63) is 28.3 Å². The Morgan fingerprint density at radius 1 is 1.47 bits per heavy atom. The number of aryl methyl sites for hydroxylation is 1. The van der Waals surface area contributed by atoms with Crippen molar-refractivity contribution in [3.8, 4) is 5.75 Å². The van der Waals surface area contributed by atoms with Gasteiger partial charge in [-0.1, -0.05) is 0 Å². The summed E-state index contributed by atoms with van der Waals surface area (Å²) in [5.41, 5.74) is 3.24. The first-order valence-electron chi connectivity index (χ1n) is 5.10. The van der Waals surface area contributed by atoms with E-state index in [0.717, 1.165) is 41.9 Å². The number of carboxylic acid groups (broad SMARTS) is 1. The number of aromatic carboxylic acids is 1. The smallest absolute Gasteiger partial charge is 0.335 e. The molecule has 1 aliphatic heterocycles. The molecule has 1 aromatic carbocycles. The van der Waals surface area contributed by atoms with Crippen molar-refractivity contribution in [2.45, 2.75) is 26.7 Å². The fourth-order valence-electron chi connectivity index (χ4n) is 2.11. The van der Waals surface area contributed by atoms with Crippen LogP contribution in [0.4, 0.5) is 0 Å². The Balaban J connectivity index is 2.64. The van der Waals surface area contributed by atoms with Crippen molar-refractivity contribution in [1.29, 1.82) is 0 Å². The van der Waals surface area contributed by atoms with E-state index >= 15 is 0 Å². The first-order chi connectivity index (χ1) is 7.11. The summed E-state index contributed by atoms with van der Waals surface area (Å²) in [4.78, 5) is 11.0. The first-order valence-corrected chi connectivity index (χ1v) is 5.10. The summed E-state index contributed by atoms with van der Waals surface area (Å²) >= 11 is 0. The Bertz CT molecular complexity index is 421. The fourth-order valence-corrected chi connectivity index (χ4v) is 2.11. The van der Waals surface area contributed by atoms with E-state index in [0.29, 0.717) is 5.56 Å². The SMILES string of the molecule is Cc1cc(C(=O)O)c(C)c2c1OCCC2. The molecule has 3 heteroatoms. The van der Waals surface area contributed by atoms with E-state index in [1.54, 1.807) is 6.07 Å². The largest absolute Gasteiger partial charge is 0.493 e. The predicted octanol–water partition coefficient (Wildman–Crippen LogP) is 2.33. The average Bonchev–Trinajstić information content (AvgIpc) is 2.23. The minimum atomic E-state index is -0.857. The molecule has 1 aliphatic rings. The summed E-state index contributed by atoms with van der Waals surface area (Å²) in [5.74, 6) is 0.0349. The van der Waals surface area contributed by atoms with E-state index in [9.17, 15) is 4.79 Å². The monoisotopic (exact) mass is 206 g/mol. The first kappa shape index (κ1) is 10.0. The highest BCUT2D eigenvalue weighted by Gasteiger charge is 2.20. The normalized spacial score (nSPS) is 14.3. The number of hydrogen-bond acceptors (Lipinski definition) is 2. The fraction of sp³-hybridized carbons (Fsp3) is 0.417. The van der Waals surface area contributed by atoms with Gasteiger partial charge in [0.05, 0.1) is 12.2 Å². The summed E-state index contributed by atoms with van der Waals surface area (Å²) in [6, 6.07) is 1.70. The standard InChI is InChI=1S/C12H14O3/c1-7-6-10(12(13)14)8(2)9-4-3-5-15-11(7)9/h6H,3-5H2,1-2H3,(H,13,14). The lowest BCUT2D eigenvalue weighted by atomic mass is 9.93. The maximum Gasteiger partial charge on any atom is 0.335 e. The number of fused-ring (bicyclic) bond motifs is 1. The van der Waals surface area contributed by atoms with Gasteiger partial charge in [-0.3, -0.25) is 0 Å². The van der Waals surface area contributed by atoms with Gasteiger partial charge in [-0.25, -0.2) is 4.79 Å². The zero-order valence-corrected chi connectivity index (χ0v) is 8.96. The zero-order valence-electron chi connectivity index (χ0n) is 8.96. The topological polar surface area (TPSA) is 46.5 Å². The van der Waals surface area contributed by atoms with Gasteiger partial charge in [0.15, 0.2) is 0 Å². The molecule has 0 spiro atoms. The van der Waals surface area contributed by atoms with Crippen LogP contribution >= 0.6 is 0 Å². The van der Waals surface area contributed by atoms with Gasteiger partial charge in [0.2, 0.25) is 0 Å². The number of hydrogen-bond donors (Lipinski definition) is 1. The zero-order chi connectivity index (χ0) is 11.0. The highest BCUT2D eigenvalue weighted by Crippen LogP contribution is 2.33. The molecule has 0 atom stereocenters. The van der Waals surface area contributed by atoms with Crippen LogP contribution in [0.3, 0.4) is 0 Å². The molecule has 0 amide bonds. The summed E-state index contributed by atoms with van der Waals surface area (Å²) in [5, 5.41) is 9.05. The van der Waals surface area contributed by atoms with Crippen molar-refractivity contribution in [1.82, 2.24) is 0 Å². The second-order valence-electron chi connectivity index (χ2n) is 3.93. The highest BCUT2D eigenvalue weighted by atomic mass is 16.5. The van der Waals surface area contributed by atoms with Crippen molar-refractivity contribution >= 4 is 5.97 Å². The number of benzene rings is 1. The summed E-state index contributed by atoms with van der Waals surface area (Å²) in [7, 11) is 0. The summed E-state index contributed by atoms with van der Waals surface area (Å²) < 4.78 is 5.58. The second kappa shape index (κ2) is 3.57. The van der Waals surface area contributed by atoms with Gasteiger partial charge in [0.1, 0.15) is 5.75 Å². The van der Waals surface area contributed by atoms with Gasteiger partial charge in [0.25, 0.3) is 0 Å². The lowest BCUT2D eigenvalue weighted by Crippen LogP contribution is -2.14. The molecule has 0 aromatic heterocycles. The third kappa shape index (κ3) is 1.58. The van der Waals surface area contributed by atoms with Crippen LogP contribution in [0.25, 0.3) is 0 Å². The molecule has 1 aromatic rings. The molecule has 3 nitrogen and oxygen atoms in total. The van der Waals surface area contributed by atoms with Crippen LogP contribution in [-0.2, 0) is 6.42 Å². The molecule has 0 bridgehead atoms. The molecule has 0 unspecified atom stereocenters. The summed E-state index contributed by atoms with van der Waals surface area (Å²) in [6.07, 6.45) is 1.89. The van der Waals surface area contributed by atoms with Gasteiger partial charge >= 0.3 is 5.97 Å². The molecule has 0 aliphatic carbocycles. The van der Waals surface area contributed by atoms with Crippen LogP contribution < -0.4 is 4.74 Å². The Morgan fingerprint density at radius 3 is 2.87 bits per heavy atom. The van der Waals surface area contributed by atoms with Crippen LogP contribution in [0.2, 0.25) is 0 Å². The van der Waals surface area contributed by atoms with Gasteiger partial charge in [-0.2, -0.15) is 0 Å². The van der Waals surface area contributed by atoms with Crippen LogP contribution in [0.5, 0.6) is 5.75 Å². The Labute approximate surface area is 88.7 Å². The van der Waals surface area contributed by atoms with Crippen LogP contribution in [0, 0.1) is 13.8 Å². The molecular formula is C12H14O3. The minimum Gasteiger partial charge on any atom is -0.493 e. The van der Waals surface area contributed by atoms with Crippen molar-refractivity contribution < 1.29 is 14.6 Å². The van der Waals surface area contributed by atoms with Crippen LogP contribution in [0.1, 0.15) is 33.5 Å². The number of rotatable bonds is 1. The molecule has 1 N–H and O–H groups in total. The third-order valence-electron chi connectivity index (χ3n) is 2.90. The molecule has 2 rings (SSSR count). The maximum atomic E-state index is 11.0. The van der Waals surface area contributed by atoms with Crippen LogP contribution in [-0.4, -0.2) is 17.7 Å². The van der Waals surface area contributed by atoms with Gasteiger partial charge < -0.3 is 9.84 Å². The Morgan fingerprint density at radius 2 is 2.20 bits per heavy atom. The van der Waals surface area contributed by atoms with Crippen molar-refractivity contribution in [2.75, 3.05) is 6.61 Å².